The molecule has 0 spiro atoms. The van der Waals surface area contributed by atoms with E-state index in [1.807, 2.05) is 13.8 Å². The highest BCUT2D eigenvalue weighted by Gasteiger charge is 2.36. The fourth-order valence-electron chi connectivity index (χ4n) is 5.92. The molecule has 2 aromatic carbocycles. The Kier molecular flexibility index (Phi) is 7.70. The van der Waals surface area contributed by atoms with E-state index in [0.717, 1.165) is 32.0 Å². The third-order valence-corrected chi connectivity index (χ3v) is 8.69. The number of ether oxygens (including phenoxy) is 1. The van der Waals surface area contributed by atoms with Crippen molar-refractivity contribution >= 4 is 17.3 Å². The number of hydrogen-bond donors (Lipinski definition) is 1. The summed E-state index contributed by atoms with van der Waals surface area (Å²) in [6.07, 6.45) is 3.65. The van der Waals surface area contributed by atoms with Crippen LogP contribution in [0.1, 0.15) is 72.3 Å². The molecule has 9 heteroatoms. The lowest BCUT2D eigenvalue weighted by Crippen LogP contribution is -2.50. The SMILES string of the molecule is CCC(C)N1CC(C)(C)Oc2c(F)cc(-c3nc(Nc4ccc(C5CCN(C)C(C)(C)C5)c(F)c4)ncc3F)cc21. The van der Waals surface area contributed by atoms with Gasteiger partial charge < -0.3 is 19.9 Å². The Morgan fingerprint density at radius 2 is 1.83 bits per heavy atom. The molecule has 3 aromatic rings. The highest BCUT2D eigenvalue weighted by molar-refractivity contribution is 5.73. The fraction of sp³-hybridized carbons (Fsp3) is 0.500. The normalized spacial score (nSPS) is 20.7. The van der Waals surface area contributed by atoms with Crippen LogP contribution in [0.3, 0.4) is 0 Å². The lowest BCUT2D eigenvalue weighted by atomic mass is 9.79. The number of aromatic nitrogens is 2. The third kappa shape index (κ3) is 5.87. The molecule has 41 heavy (non-hydrogen) atoms. The number of nitrogens with zero attached hydrogens (tertiary/aromatic N) is 4. The van der Waals surface area contributed by atoms with E-state index in [1.54, 1.807) is 18.2 Å². The van der Waals surface area contributed by atoms with Gasteiger partial charge in [-0.05, 0) is 103 Å². The molecule has 1 N–H and O–H groups in total. The van der Waals surface area contributed by atoms with E-state index in [2.05, 4.69) is 59.8 Å². The Morgan fingerprint density at radius 3 is 2.51 bits per heavy atom. The highest BCUT2D eigenvalue weighted by Crippen LogP contribution is 2.43. The van der Waals surface area contributed by atoms with Gasteiger partial charge in [0.05, 0.1) is 18.4 Å². The lowest BCUT2D eigenvalue weighted by Gasteiger charge is -2.44. The van der Waals surface area contributed by atoms with Gasteiger partial charge in [0.1, 0.15) is 17.1 Å². The van der Waals surface area contributed by atoms with Crippen molar-refractivity contribution in [2.75, 3.05) is 30.4 Å². The fourth-order valence-corrected chi connectivity index (χ4v) is 5.92. The first-order chi connectivity index (χ1) is 19.3. The Balaban J connectivity index is 1.43. The van der Waals surface area contributed by atoms with Gasteiger partial charge in [-0.25, -0.2) is 23.1 Å². The van der Waals surface area contributed by atoms with Crippen molar-refractivity contribution < 1.29 is 17.9 Å². The van der Waals surface area contributed by atoms with Crippen molar-refractivity contribution in [2.24, 2.45) is 0 Å². The summed E-state index contributed by atoms with van der Waals surface area (Å²) in [6, 6.07) is 8.09. The van der Waals surface area contributed by atoms with Crippen LogP contribution in [0.25, 0.3) is 11.3 Å². The molecule has 5 rings (SSSR count). The topological polar surface area (TPSA) is 53.5 Å². The average Bonchev–Trinajstić information content (AvgIpc) is 2.90. The van der Waals surface area contributed by atoms with Crippen molar-refractivity contribution in [3.05, 3.63) is 59.5 Å². The van der Waals surface area contributed by atoms with Gasteiger partial charge in [-0.2, -0.15) is 0 Å². The molecule has 0 bridgehead atoms. The van der Waals surface area contributed by atoms with Gasteiger partial charge >= 0.3 is 0 Å². The number of likely N-dealkylation sites (tertiary alicyclic amines) is 1. The second-order valence-corrected chi connectivity index (χ2v) is 12.7. The van der Waals surface area contributed by atoms with Gasteiger partial charge in [0.25, 0.3) is 0 Å². The van der Waals surface area contributed by atoms with E-state index in [1.165, 1.54) is 12.1 Å². The van der Waals surface area contributed by atoms with Crippen LogP contribution in [-0.4, -0.2) is 52.2 Å². The quantitative estimate of drug-likeness (QED) is 0.330. The zero-order valence-corrected chi connectivity index (χ0v) is 25.0. The zero-order valence-electron chi connectivity index (χ0n) is 25.0. The van der Waals surface area contributed by atoms with Crippen molar-refractivity contribution in [3.63, 3.8) is 0 Å². The van der Waals surface area contributed by atoms with E-state index >= 15 is 13.2 Å². The van der Waals surface area contributed by atoms with Crippen LogP contribution in [0, 0.1) is 17.5 Å². The number of fused-ring (bicyclic) bond motifs is 1. The molecule has 2 aliphatic rings. The molecule has 2 unspecified atom stereocenters. The molecule has 6 nitrogen and oxygen atoms in total. The first kappa shape index (κ1) is 29.2. The molecule has 3 heterocycles. The predicted molar refractivity (Wildman–Crippen MR) is 158 cm³/mol. The summed E-state index contributed by atoms with van der Waals surface area (Å²) in [7, 11) is 2.10. The van der Waals surface area contributed by atoms with E-state index in [9.17, 15) is 0 Å². The van der Waals surface area contributed by atoms with E-state index in [-0.39, 0.29) is 46.3 Å². The molecule has 220 valence electrons. The molecule has 0 aliphatic carbocycles. The van der Waals surface area contributed by atoms with Gasteiger partial charge in [-0.3, -0.25) is 0 Å². The number of benzene rings is 2. The molecule has 0 amide bonds. The molecule has 0 radical (unpaired) electrons. The van der Waals surface area contributed by atoms with Gasteiger partial charge in [0, 0.05) is 22.8 Å². The number of anilines is 3. The van der Waals surface area contributed by atoms with E-state index < -0.39 is 17.2 Å². The Labute approximate surface area is 240 Å². The molecular weight excluding hydrogens is 527 g/mol. The molecule has 2 aliphatic heterocycles. The van der Waals surface area contributed by atoms with Gasteiger partial charge in [0.2, 0.25) is 5.95 Å². The second kappa shape index (κ2) is 10.8. The number of rotatable bonds is 6. The second-order valence-electron chi connectivity index (χ2n) is 12.7. The summed E-state index contributed by atoms with van der Waals surface area (Å²) in [6.45, 7) is 13.8. The van der Waals surface area contributed by atoms with Gasteiger partial charge in [-0.15, -0.1) is 0 Å². The molecule has 1 fully saturated rings. The largest absolute Gasteiger partial charge is 0.481 e. The smallest absolute Gasteiger partial charge is 0.227 e. The Morgan fingerprint density at radius 1 is 1.07 bits per heavy atom. The Bertz CT molecular complexity index is 1440. The number of piperidine rings is 1. The lowest BCUT2D eigenvalue weighted by molar-refractivity contribution is 0.0933. The first-order valence-corrected chi connectivity index (χ1v) is 14.4. The van der Waals surface area contributed by atoms with Crippen LogP contribution >= 0.6 is 0 Å². The summed E-state index contributed by atoms with van der Waals surface area (Å²) in [5, 5.41) is 2.99. The number of hydrogen-bond acceptors (Lipinski definition) is 6. The van der Waals surface area contributed by atoms with Crippen LogP contribution in [0.2, 0.25) is 0 Å². The summed E-state index contributed by atoms with van der Waals surface area (Å²) in [5.74, 6) is -1.20. The standard InChI is InChI=1S/C32H40F3N5O/c1-8-19(2)40-18-32(5,6)41-29-25(34)13-21(14-27(29)40)28-26(35)17-36-30(38-28)37-22-9-10-23(24(33)15-22)20-11-12-39(7)31(3,4)16-20/h9-10,13-15,17,19-20H,8,11-12,16,18H2,1-7H3,(H,36,37,38). The summed E-state index contributed by atoms with van der Waals surface area (Å²) < 4.78 is 51.7. The summed E-state index contributed by atoms with van der Waals surface area (Å²) in [5.41, 5.74) is 1.34. The van der Waals surface area contributed by atoms with Crippen molar-refractivity contribution in [2.45, 2.75) is 83.9 Å². The maximum atomic E-state index is 15.4. The summed E-state index contributed by atoms with van der Waals surface area (Å²) in [4.78, 5) is 12.8. The average molecular weight is 568 g/mol. The van der Waals surface area contributed by atoms with Gasteiger partial charge in [0.15, 0.2) is 17.4 Å². The van der Waals surface area contributed by atoms with Crippen LogP contribution < -0.4 is 15.0 Å². The minimum absolute atomic E-state index is 0.00523. The summed E-state index contributed by atoms with van der Waals surface area (Å²) >= 11 is 0. The van der Waals surface area contributed by atoms with Crippen LogP contribution in [0.4, 0.5) is 30.5 Å². The van der Waals surface area contributed by atoms with Crippen molar-refractivity contribution in [1.29, 1.82) is 0 Å². The van der Waals surface area contributed by atoms with Crippen molar-refractivity contribution in [3.8, 4) is 17.0 Å². The molecular formula is C32H40F3N5O. The zero-order chi connectivity index (χ0) is 29.7. The third-order valence-electron chi connectivity index (χ3n) is 8.69. The van der Waals surface area contributed by atoms with Crippen molar-refractivity contribution in [1.82, 2.24) is 14.9 Å². The molecule has 0 saturated carbocycles. The van der Waals surface area contributed by atoms with E-state index in [4.69, 9.17) is 4.74 Å². The molecule has 2 atom stereocenters. The predicted octanol–water partition coefficient (Wildman–Crippen LogP) is 7.67. The first-order valence-electron chi connectivity index (χ1n) is 14.4. The number of nitrogens with one attached hydrogen (secondary N) is 1. The monoisotopic (exact) mass is 567 g/mol. The van der Waals surface area contributed by atoms with Crippen LogP contribution in [0.5, 0.6) is 5.75 Å². The minimum atomic E-state index is -0.687. The number of halogens is 3. The van der Waals surface area contributed by atoms with Crippen LogP contribution in [-0.2, 0) is 0 Å². The maximum absolute atomic E-state index is 15.4. The minimum Gasteiger partial charge on any atom is -0.481 e. The highest BCUT2D eigenvalue weighted by atomic mass is 19.1. The molecule has 1 aromatic heterocycles. The Hall–Kier alpha value is -3.33. The van der Waals surface area contributed by atoms with Gasteiger partial charge in [-0.1, -0.05) is 13.0 Å². The van der Waals surface area contributed by atoms with Crippen LogP contribution in [0.15, 0.2) is 36.5 Å². The maximum Gasteiger partial charge on any atom is 0.227 e. The molecule has 1 saturated heterocycles. The van der Waals surface area contributed by atoms with E-state index in [0.29, 0.717) is 23.5 Å².